The number of rotatable bonds is 9. The highest BCUT2D eigenvalue weighted by molar-refractivity contribution is 7.88. The number of hydrogen-bond acceptors (Lipinski definition) is 4. The van der Waals surface area contributed by atoms with Gasteiger partial charge >= 0.3 is 0 Å². The summed E-state index contributed by atoms with van der Waals surface area (Å²) < 4.78 is 30.8. The molecule has 1 aromatic carbocycles. The second-order valence-electron chi connectivity index (χ2n) is 7.64. The summed E-state index contributed by atoms with van der Waals surface area (Å²) >= 11 is 0. The maximum Gasteiger partial charge on any atom is 0.211 e. The fourth-order valence-electron chi connectivity index (χ4n) is 3.33. The van der Waals surface area contributed by atoms with Crippen LogP contribution in [0.1, 0.15) is 44.2 Å². The largest absolute Gasteiger partial charge is 0.493 e. The number of guanidine groups is 1. The van der Waals surface area contributed by atoms with Crippen LogP contribution in [-0.4, -0.2) is 57.7 Å². The Morgan fingerprint density at radius 1 is 1.24 bits per heavy atom. The smallest absolute Gasteiger partial charge is 0.211 e. The number of hydrogen-bond donors (Lipinski definition) is 2. The number of aryl methyl sites for hydroxylation is 1. The van der Waals surface area contributed by atoms with E-state index in [1.165, 1.54) is 11.8 Å². The van der Waals surface area contributed by atoms with Crippen LogP contribution < -0.4 is 15.4 Å². The Morgan fingerprint density at radius 2 is 1.97 bits per heavy atom. The lowest BCUT2D eigenvalue weighted by atomic mass is 9.98. The maximum atomic E-state index is 11.6. The van der Waals surface area contributed by atoms with Gasteiger partial charge in [-0.2, -0.15) is 0 Å². The van der Waals surface area contributed by atoms with E-state index in [1.54, 1.807) is 4.31 Å². The molecule has 0 saturated carbocycles. The predicted octanol–water partition coefficient (Wildman–Crippen LogP) is 2.51. The summed E-state index contributed by atoms with van der Waals surface area (Å²) in [6.07, 6.45) is 3.99. The Hall–Kier alpha value is -1.80. The first kappa shape index (κ1) is 23.5. The van der Waals surface area contributed by atoms with Gasteiger partial charge in [-0.3, -0.25) is 0 Å². The van der Waals surface area contributed by atoms with E-state index >= 15 is 0 Å². The molecule has 0 atom stereocenters. The molecule has 0 bridgehead atoms. The van der Waals surface area contributed by atoms with Gasteiger partial charge in [0.05, 0.1) is 19.4 Å². The molecule has 0 unspecified atom stereocenters. The van der Waals surface area contributed by atoms with Crippen LogP contribution in [-0.2, 0) is 16.6 Å². The average Bonchev–Trinajstić information content (AvgIpc) is 2.69. The Labute approximate surface area is 176 Å². The molecule has 1 fully saturated rings. The van der Waals surface area contributed by atoms with E-state index in [9.17, 15) is 8.42 Å². The lowest BCUT2D eigenvalue weighted by molar-refractivity contribution is 0.275. The first-order valence-corrected chi connectivity index (χ1v) is 12.4. The molecular formula is C21H36N4O3S. The van der Waals surface area contributed by atoms with Gasteiger partial charge in [0.15, 0.2) is 5.96 Å². The topological polar surface area (TPSA) is 83.0 Å². The zero-order chi connectivity index (χ0) is 21.3. The molecule has 1 saturated heterocycles. The third-order valence-corrected chi connectivity index (χ3v) is 6.34. The van der Waals surface area contributed by atoms with Crippen LogP contribution in [0.15, 0.2) is 23.2 Å². The minimum Gasteiger partial charge on any atom is -0.493 e. The van der Waals surface area contributed by atoms with Crippen molar-refractivity contribution in [3.05, 3.63) is 29.3 Å². The normalized spacial score (nSPS) is 16.6. The summed E-state index contributed by atoms with van der Waals surface area (Å²) in [5, 5.41) is 6.71. The van der Waals surface area contributed by atoms with E-state index in [2.05, 4.69) is 42.7 Å². The van der Waals surface area contributed by atoms with Gasteiger partial charge in [0.1, 0.15) is 5.75 Å². The Balaban J connectivity index is 1.93. The SMILES string of the molecule is CCCOc1cc(C)ccc1CN=C(NCC)NCC1CCN(S(C)(=O)=O)CC1. The molecule has 1 aromatic rings. The van der Waals surface area contributed by atoms with Crippen LogP contribution in [0.4, 0.5) is 0 Å². The van der Waals surface area contributed by atoms with E-state index in [1.807, 2.05) is 6.92 Å². The van der Waals surface area contributed by atoms with Crippen molar-refractivity contribution in [3.8, 4) is 5.75 Å². The summed E-state index contributed by atoms with van der Waals surface area (Å²) in [7, 11) is -3.08. The first-order chi connectivity index (χ1) is 13.8. The summed E-state index contributed by atoms with van der Waals surface area (Å²) in [6, 6.07) is 6.23. The van der Waals surface area contributed by atoms with Crippen LogP contribution in [0.25, 0.3) is 0 Å². The number of ether oxygens (including phenoxy) is 1. The van der Waals surface area contributed by atoms with Gasteiger partial charge < -0.3 is 15.4 Å². The third-order valence-electron chi connectivity index (χ3n) is 5.04. The number of piperidine rings is 1. The number of nitrogens with zero attached hydrogens (tertiary/aromatic N) is 2. The van der Waals surface area contributed by atoms with Gasteiger partial charge in [-0.25, -0.2) is 17.7 Å². The van der Waals surface area contributed by atoms with Gasteiger partial charge in [-0.05, 0) is 50.7 Å². The van der Waals surface area contributed by atoms with Crippen LogP contribution in [0, 0.1) is 12.8 Å². The molecular weight excluding hydrogens is 388 g/mol. The van der Waals surface area contributed by atoms with Crippen LogP contribution in [0.2, 0.25) is 0 Å². The second kappa shape index (κ2) is 11.4. The molecule has 0 amide bonds. The van der Waals surface area contributed by atoms with Gasteiger partial charge in [-0.15, -0.1) is 0 Å². The highest BCUT2D eigenvalue weighted by atomic mass is 32.2. The Kier molecular flexibility index (Phi) is 9.23. The minimum atomic E-state index is -3.08. The van der Waals surface area contributed by atoms with Crippen LogP contribution in [0.5, 0.6) is 5.75 Å². The fraction of sp³-hybridized carbons (Fsp3) is 0.667. The number of nitrogens with one attached hydrogen (secondary N) is 2. The summed E-state index contributed by atoms with van der Waals surface area (Å²) in [5.41, 5.74) is 2.25. The van der Waals surface area contributed by atoms with Gasteiger partial charge in [0.25, 0.3) is 0 Å². The van der Waals surface area contributed by atoms with E-state index in [0.717, 1.165) is 49.6 Å². The molecule has 0 spiro atoms. The molecule has 2 N–H and O–H groups in total. The zero-order valence-corrected chi connectivity index (χ0v) is 19.0. The molecule has 1 heterocycles. The van der Waals surface area contributed by atoms with Crippen molar-refractivity contribution in [3.63, 3.8) is 0 Å². The van der Waals surface area contributed by atoms with E-state index in [-0.39, 0.29) is 0 Å². The molecule has 0 radical (unpaired) electrons. The first-order valence-electron chi connectivity index (χ1n) is 10.5. The molecule has 29 heavy (non-hydrogen) atoms. The van der Waals surface area contributed by atoms with Crippen molar-refractivity contribution in [2.75, 3.05) is 39.0 Å². The number of aliphatic imine (C=N–C) groups is 1. The molecule has 8 heteroatoms. The summed E-state index contributed by atoms with van der Waals surface area (Å²) in [5.74, 6) is 2.12. The lowest BCUT2D eigenvalue weighted by Crippen LogP contribution is -2.44. The van der Waals surface area contributed by atoms with Crippen molar-refractivity contribution in [2.45, 2.75) is 46.6 Å². The predicted molar refractivity (Wildman–Crippen MR) is 119 cm³/mol. The molecule has 2 rings (SSSR count). The molecule has 7 nitrogen and oxygen atoms in total. The minimum absolute atomic E-state index is 0.444. The van der Waals surface area contributed by atoms with Gasteiger partial charge in [-0.1, -0.05) is 19.1 Å². The lowest BCUT2D eigenvalue weighted by Gasteiger charge is -2.30. The number of benzene rings is 1. The van der Waals surface area contributed by atoms with Crippen molar-refractivity contribution in [1.29, 1.82) is 0 Å². The van der Waals surface area contributed by atoms with Crippen molar-refractivity contribution < 1.29 is 13.2 Å². The molecule has 0 aliphatic carbocycles. The standard InChI is InChI=1S/C21H36N4O3S/c1-5-13-28-20-14-17(3)7-8-19(20)16-24-21(22-6-2)23-15-18-9-11-25(12-10-18)29(4,26)27/h7-8,14,18H,5-6,9-13,15-16H2,1-4H3,(H2,22,23,24). The van der Waals surface area contributed by atoms with E-state index in [0.29, 0.717) is 32.2 Å². The van der Waals surface area contributed by atoms with E-state index in [4.69, 9.17) is 9.73 Å². The van der Waals surface area contributed by atoms with E-state index < -0.39 is 10.0 Å². The summed E-state index contributed by atoms with van der Waals surface area (Å²) in [4.78, 5) is 4.73. The van der Waals surface area contributed by atoms with Crippen LogP contribution in [0.3, 0.4) is 0 Å². The maximum absolute atomic E-state index is 11.6. The van der Waals surface area contributed by atoms with Crippen molar-refractivity contribution in [2.24, 2.45) is 10.9 Å². The number of sulfonamides is 1. The molecule has 1 aliphatic rings. The molecule has 0 aromatic heterocycles. The van der Waals surface area contributed by atoms with Gasteiger partial charge in [0, 0.05) is 31.7 Å². The van der Waals surface area contributed by atoms with Crippen molar-refractivity contribution in [1.82, 2.24) is 14.9 Å². The highest BCUT2D eigenvalue weighted by Crippen LogP contribution is 2.22. The monoisotopic (exact) mass is 424 g/mol. The second-order valence-corrected chi connectivity index (χ2v) is 9.62. The Bertz CT molecular complexity index is 772. The van der Waals surface area contributed by atoms with Crippen LogP contribution >= 0.6 is 0 Å². The fourth-order valence-corrected chi connectivity index (χ4v) is 4.20. The average molecular weight is 425 g/mol. The van der Waals surface area contributed by atoms with Crippen molar-refractivity contribution >= 4 is 16.0 Å². The summed E-state index contributed by atoms with van der Waals surface area (Å²) in [6.45, 7) is 10.2. The quantitative estimate of drug-likeness (QED) is 0.470. The highest BCUT2D eigenvalue weighted by Gasteiger charge is 2.24. The Morgan fingerprint density at radius 3 is 2.59 bits per heavy atom. The van der Waals surface area contributed by atoms with Gasteiger partial charge in [0.2, 0.25) is 10.0 Å². The molecule has 164 valence electrons. The molecule has 1 aliphatic heterocycles. The third kappa shape index (κ3) is 7.85. The zero-order valence-electron chi connectivity index (χ0n) is 18.2.